The maximum atomic E-state index is 11.5. The Morgan fingerprint density at radius 1 is 1.17 bits per heavy atom. The highest BCUT2D eigenvalue weighted by atomic mass is 16.5. The summed E-state index contributed by atoms with van der Waals surface area (Å²) in [6.07, 6.45) is 6.05. The number of hydrogen-bond acceptors (Lipinski definition) is 3. The topological polar surface area (TPSA) is 29.5 Å². The lowest BCUT2D eigenvalue weighted by molar-refractivity contribution is -0.131. The first-order valence-electron chi connectivity index (χ1n) is 11.2. The molecule has 1 aliphatic carbocycles. The molecule has 0 spiro atoms. The standard InChI is InChI=1S/C26H33NO2/c1-4-5-9-15-27-16-14-26(22-10-7-6-8-11-22)19(2)25(27)17-21-12-13-23(18-24(21)26)29-20(3)28/h6-8,10-13,18-19,25H,4-5,9,14-17H2,1-3H3. The number of carbonyl (C=O) groups excluding carboxylic acids is 1. The fourth-order valence-corrected chi connectivity index (χ4v) is 5.79. The van der Waals surface area contributed by atoms with Crippen molar-refractivity contribution in [1.29, 1.82) is 0 Å². The van der Waals surface area contributed by atoms with Gasteiger partial charge in [-0.2, -0.15) is 0 Å². The number of hydrogen-bond donors (Lipinski definition) is 0. The number of ether oxygens (including phenoxy) is 1. The van der Waals surface area contributed by atoms with Crippen LogP contribution in [0.2, 0.25) is 0 Å². The highest BCUT2D eigenvalue weighted by molar-refractivity contribution is 5.69. The van der Waals surface area contributed by atoms with Gasteiger partial charge in [0.2, 0.25) is 0 Å². The Labute approximate surface area is 175 Å². The minimum Gasteiger partial charge on any atom is -0.427 e. The second-order valence-corrected chi connectivity index (χ2v) is 8.80. The molecular formula is C26H33NO2. The van der Waals surface area contributed by atoms with Crippen molar-refractivity contribution >= 4 is 5.97 Å². The van der Waals surface area contributed by atoms with E-state index in [1.165, 1.54) is 49.4 Å². The average Bonchev–Trinajstić information content (AvgIpc) is 2.71. The monoisotopic (exact) mass is 391 g/mol. The molecule has 3 heteroatoms. The van der Waals surface area contributed by atoms with Crippen molar-refractivity contribution in [3.05, 3.63) is 65.2 Å². The fourth-order valence-electron chi connectivity index (χ4n) is 5.79. The number of benzene rings is 2. The van der Waals surface area contributed by atoms with Gasteiger partial charge in [0.05, 0.1) is 0 Å². The van der Waals surface area contributed by atoms with E-state index in [2.05, 4.69) is 61.2 Å². The molecule has 1 saturated heterocycles. The Kier molecular flexibility index (Phi) is 5.78. The van der Waals surface area contributed by atoms with Crippen LogP contribution in [0.3, 0.4) is 0 Å². The Hall–Kier alpha value is -2.13. The van der Waals surface area contributed by atoms with E-state index in [4.69, 9.17) is 4.74 Å². The summed E-state index contributed by atoms with van der Waals surface area (Å²) in [5.41, 5.74) is 4.15. The Balaban J connectivity index is 1.78. The first kappa shape index (κ1) is 20.2. The van der Waals surface area contributed by atoms with E-state index >= 15 is 0 Å². The molecule has 2 aromatic rings. The van der Waals surface area contributed by atoms with Crippen molar-refractivity contribution in [2.75, 3.05) is 13.1 Å². The van der Waals surface area contributed by atoms with Crippen LogP contribution in [0.4, 0.5) is 0 Å². The van der Waals surface area contributed by atoms with Gasteiger partial charge in [0, 0.05) is 18.4 Å². The minimum absolute atomic E-state index is 0.0169. The van der Waals surface area contributed by atoms with E-state index < -0.39 is 0 Å². The number of piperidine rings is 1. The van der Waals surface area contributed by atoms with E-state index in [1.807, 2.05) is 6.07 Å². The molecule has 0 N–H and O–H groups in total. The number of esters is 1. The average molecular weight is 392 g/mol. The van der Waals surface area contributed by atoms with Crippen molar-refractivity contribution < 1.29 is 9.53 Å². The summed E-state index contributed by atoms with van der Waals surface area (Å²) >= 11 is 0. The van der Waals surface area contributed by atoms with Crippen LogP contribution in [0.15, 0.2) is 48.5 Å². The number of rotatable bonds is 6. The van der Waals surface area contributed by atoms with Crippen molar-refractivity contribution in [3.8, 4) is 5.75 Å². The van der Waals surface area contributed by atoms with Gasteiger partial charge in [0.1, 0.15) is 5.75 Å². The molecule has 1 fully saturated rings. The lowest BCUT2D eigenvalue weighted by atomic mass is 9.55. The molecule has 4 rings (SSSR count). The van der Waals surface area contributed by atoms with Crippen LogP contribution in [-0.4, -0.2) is 30.0 Å². The molecule has 0 aromatic heterocycles. The molecule has 0 radical (unpaired) electrons. The molecule has 3 nitrogen and oxygen atoms in total. The van der Waals surface area contributed by atoms with Crippen LogP contribution in [0, 0.1) is 5.92 Å². The van der Waals surface area contributed by atoms with Gasteiger partial charge in [-0.1, -0.05) is 63.1 Å². The second-order valence-electron chi connectivity index (χ2n) is 8.80. The maximum Gasteiger partial charge on any atom is 0.308 e. The second kappa shape index (κ2) is 8.31. The predicted molar refractivity (Wildman–Crippen MR) is 117 cm³/mol. The molecule has 1 heterocycles. The van der Waals surface area contributed by atoms with Crippen LogP contribution < -0.4 is 4.74 Å². The third kappa shape index (κ3) is 3.61. The van der Waals surface area contributed by atoms with Crippen LogP contribution in [0.25, 0.3) is 0 Å². The maximum absolute atomic E-state index is 11.5. The highest BCUT2D eigenvalue weighted by Crippen LogP contribution is 2.53. The van der Waals surface area contributed by atoms with Crippen LogP contribution >= 0.6 is 0 Å². The smallest absolute Gasteiger partial charge is 0.308 e. The van der Waals surface area contributed by atoms with Crippen LogP contribution in [-0.2, 0) is 16.6 Å². The van der Waals surface area contributed by atoms with Crippen molar-refractivity contribution in [2.45, 2.75) is 64.3 Å². The van der Waals surface area contributed by atoms with E-state index in [9.17, 15) is 4.79 Å². The van der Waals surface area contributed by atoms with Gasteiger partial charge in [-0.25, -0.2) is 0 Å². The number of unbranched alkanes of at least 4 members (excludes halogenated alkanes) is 2. The molecule has 2 bridgehead atoms. The summed E-state index contributed by atoms with van der Waals surface area (Å²) in [5, 5.41) is 0. The molecule has 2 aromatic carbocycles. The quantitative estimate of drug-likeness (QED) is 0.377. The van der Waals surface area contributed by atoms with E-state index in [1.54, 1.807) is 0 Å². The predicted octanol–water partition coefficient (Wildman–Crippen LogP) is 5.35. The summed E-state index contributed by atoms with van der Waals surface area (Å²) in [6, 6.07) is 17.8. The Bertz CT molecular complexity index is 862. The molecule has 2 aliphatic rings. The van der Waals surface area contributed by atoms with Crippen LogP contribution in [0.5, 0.6) is 5.75 Å². The summed E-state index contributed by atoms with van der Waals surface area (Å²) in [5.74, 6) is 0.925. The third-order valence-corrected chi connectivity index (χ3v) is 7.21. The van der Waals surface area contributed by atoms with Gasteiger partial charge in [-0.3, -0.25) is 9.69 Å². The zero-order valence-electron chi connectivity index (χ0n) is 18.0. The molecule has 0 saturated carbocycles. The van der Waals surface area contributed by atoms with Gasteiger partial charge in [0.15, 0.2) is 0 Å². The number of likely N-dealkylation sites (tertiary alicyclic amines) is 1. The Morgan fingerprint density at radius 3 is 2.69 bits per heavy atom. The van der Waals surface area contributed by atoms with Crippen molar-refractivity contribution in [1.82, 2.24) is 4.90 Å². The molecular weight excluding hydrogens is 358 g/mol. The summed E-state index contributed by atoms with van der Waals surface area (Å²) in [6.45, 7) is 8.52. The third-order valence-electron chi connectivity index (χ3n) is 7.21. The van der Waals surface area contributed by atoms with Gasteiger partial charge >= 0.3 is 5.97 Å². The first-order chi connectivity index (χ1) is 14.1. The summed E-state index contributed by atoms with van der Waals surface area (Å²) in [7, 11) is 0. The largest absolute Gasteiger partial charge is 0.427 e. The first-order valence-corrected chi connectivity index (χ1v) is 11.2. The van der Waals surface area contributed by atoms with Crippen molar-refractivity contribution in [2.24, 2.45) is 5.92 Å². The number of nitrogens with zero attached hydrogens (tertiary/aromatic N) is 1. The lowest BCUT2D eigenvalue weighted by Gasteiger charge is -2.56. The summed E-state index contributed by atoms with van der Waals surface area (Å²) < 4.78 is 5.47. The van der Waals surface area contributed by atoms with Gasteiger partial charge in [-0.05, 0) is 67.1 Å². The van der Waals surface area contributed by atoms with Crippen LogP contribution in [0.1, 0.15) is 63.1 Å². The fraction of sp³-hybridized carbons (Fsp3) is 0.500. The lowest BCUT2D eigenvalue weighted by Crippen LogP contribution is -2.59. The Morgan fingerprint density at radius 2 is 1.97 bits per heavy atom. The molecule has 1 aliphatic heterocycles. The molecule has 29 heavy (non-hydrogen) atoms. The highest BCUT2D eigenvalue weighted by Gasteiger charge is 2.52. The molecule has 3 atom stereocenters. The molecule has 154 valence electrons. The normalized spacial score (nSPS) is 26.0. The molecule has 0 amide bonds. The van der Waals surface area contributed by atoms with E-state index in [0.717, 1.165) is 19.4 Å². The van der Waals surface area contributed by atoms with E-state index in [-0.39, 0.29) is 11.4 Å². The summed E-state index contributed by atoms with van der Waals surface area (Å²) in [4.78, 5) is 14.3. The van der Waals surface area contributed by atoms with E-state index in [0.29, 0.717) is 17.7 Å². The zero-order chi connectivity index (χ0) is 20.4. The number of fused-ring (bicyclic) bond motifs is 4. The number of carbonyl (C=O) groups is 1. The minimum atomic E-state index is -0.258. The molecule has 3 unspecified atom stereocenters. The van der Waals surface area contributed by atoms with Gasteiger partial charge < -0.3 is 4.74 Å². The van der Waals surface area contributed by atoms with Gasteiger partial charge in [0.25, 0.3) is 0 Å². The van der Waals surface area contributed by atoms with Crippen molar-refractivity contribution in [3.63, 3.8) is 0 Å². The van der Waals surface area contributed by atoms with Gasteiger partial charge in [-0.15, -0.1) is 0 Å². The SMILES string of the molecule is CCCCCN1CCC2(c3ccccc3)c3cc(OC(C)=O)ccc3CC1C2C. The zero-order valence-corrected chi connectivity index (χ0v) is 18.0.